The van der Waals surface area contributed by atoms with Gasteiger partial charge in [-0.3, -0.25) is 14.3 Å². The molecule has 0 saturated heterocycles. The zero-order valence-electron chi connectivity index (χ0n) is 17.4. The molecule has 2 aromatic carbocycles. The van der Waals surface area contributed by atoms with E-state index in [2.05, 4.69) is 16.0 Å². The lowest BCUT2D eigenvalue weighted by Gasteiger charge is -2.27. The average Bonchev–Trinajstić information content (AvgIpc) is 2.96. The molecule has 7 nitrogen and oxygen atoms in total. The number of carbonyl (C=O) groups is 1. The van der Waals surface area contributed by atoms with Crippen LogP contribution in [0.3, 0.4) is 0 Å². The second kappa shape index (κ2) is 10.4. The number of para-hydroxylation sites is 1. The highest BCUT2D eigenvalue weighted by Crippen LogP contribution is 2.29. The molecule has 0 aliphatic heterocycles. The fourth-order valence-electron chi connectivity index (χ4n) is 3.04. The predicted molar refractivity (Wildman–Crippen MR) is 138 cm³/mol. The van der Waals surface area contributed by atoms with Gasteiger partial charge >= 0.3 is 0 Å². The first-order valence-corrected chi connectivity index (χ1v) is 11.5. The Morgan fingerprint density at radius 2 is 1.73 bits per heavy atom. The molecule has 0 saturated carbocycles. The van der Waals surface area contributed by atoms with Crippen molar-refractivity contribution in [2.45, 2.75) is 16.9 Å². The highest BCUT2D eigenvalue weighted by Gasteiger charge is 2.35. The second-order valence-corrected chi connectivity index (χ2v) is 10.2. The Labute approximate surface area is 215 Å². The molecule has 0 bridgehead atoms. The number of alkyl halides is 3. The molecular formula is C21H19Cl4N5O2S. The van der Waals surface area contributed by atoms with E-state index in [0.717, 1.165) is 0 Å². The quantitative estimate of drug-likeness (QED) is 0.248. The fourth-order valence-corrected chi connectivity index (χ4v) is 3.77. The maximum Gasteiger partial charge on any atom is 0.295 e. The molecule has 0 aliphatic carbocycles. The first-order chi connectivity index (χ1) is 15.5. The third-order valence-corrected chi connectivity index (χ3v) is 5.87. The van der Waals surface area contributed by atoms with E-state index >= 15 is 0 Å². The SMILES string of the molecule is Cc1c(NC(=S)N[C@H](NC(=O)c2cccc(Cl)c2)C(Cl)(Cl)Cl)c(=O)n(-c2ccccc2)n1C. The van der Waals surface area contributed by atoms with E-state index in [1.807, 2.05) is 30.3 Å². The zero-order valence-corrected chi connectivity index (χ0v) is 21.2. The fraction of sp³-hybridized carbons (Fsp3) is 0.190. The van der Waals surface area contributed by atoms with Gasteiger partial charge in [-0.15, -0.1) is 0 Å². The number of benzene rings is 2. The Hall–Kier alpha value is -2.23. The highest BCUT2D eigenvalue weighted by atomic mass is 35.6. The summed E-state index contributed by atoms with van der Waals surface area (Å²) in [5.41, 5.74) is 1.50. The van der Waals surface area contributed by atoms with Crippen LogP contribution in [0.4, 0.5) is 5.69 Å². The van der Waals surface area contributed by atoms with Crippen LogP contribution in [-0.4, -0.2) is 30.3 Å². The number of halogens is 4. The van der Waals surface area contributed by atoms with E-state index in [4.69, 9.17) is 58.6 Å². The van der Waals surface area contributed by atoms with Gasteiger partial charge in [-0.05, 0) is 49.5 Å². The minimum Gasteiger partial charge on any atom is -0.339 e. The Bertz CT molecular complexity index is 1240. The number of hydrogen-bond acceptors (Lipinski definition) is 3. The summed E-state index contributed by atoms with van der Waals surface area (Å²) >= 11 is 29.4. The summed E-state index contributed by atoms with van der Waals surface area (Å²) in [6.45, 7) is 1.76. The summed E-state index contributed by atoms with van der Waals surface area (Å²) in [6.07, 6.45) is -1.21. The van der Waals surface area contributed by atoms with Gasteiger partial charge in [0, 0.05) is 17.6 Å². The summed E-state index contributed by atoms with van der Waals surface area (Å²) in [5, 5.41) is 8.52. The van der Waals surface area contributed by atoms with Gasteiger partial charge in [0.1, 0.15) is 11.9 Å². The van der Waals surface area contributed by atoms with Gasteiger partial charge in [-0.2, -0.15) is 0 Å². The number of amides is 1. The van der Waals surface area contributed by atoms with Gasteiger partial charge in [0.15, 0.2) is 5.11 Å². The maximum atomic E-state index is 13.1. The molecule has 174 valence electrons. The molecule has 0 spiro atoms. The number of aromatic nitrogens is 2. The maximum absolute atomic E-state index is 13.1. The van der Waals surface area contributed by atoms with Crippen LogP contribution in [-0.2, 0) is 7.05 Å². The monoisotopic (exact) mass is 545 g/mol. The standard InChI is InChI=1S/C21H19Cl4N5O2S/c1-12-16(18(32)30(29(12)2)15-9-4-3-5-10-15)26-20(33)28-19(21(23,24)25)27-17(31)13-7-6-8-14(22)11-13/h3-11,19H,1-2H3,(H,27,31)(H2,26,28,33)/t19-/m0/s1. The van der Waals surface area contributed by atoms with Crippen LogP contribution in [0.5, 0.6) is 0 Å². The van der Waals surface area contributed by atoms with Crippen molar-refractivity contribution >= 4 is 75.3 Å². The van der Waals surface area contributed by atoms with Crippen LogP contribution >= 0.6 is 58.6 Å². The van der Waals surface area contributed by atoms with Gasteiger partial charge in [-0.1, -0.05) is 70.7 Å². The van der Waals surface area contributed by atoms with Gasteiger partial charge in [-0.25, -0.2) is 4.68 Å². The van der Waals surface area contributed by atoms with E-state index in [1.165, 1.54) is 10.7 Å². The lowest BCUT2D eigenvalue weighted by atomic mass is 10.2. The molecule has 1 aromatic heterocycles. The van der Waals surface area contributed by atoms with Crippen LogP contribution in [0.1, 0.15) is 16.1 Å². The number of anilines is 1. The molecule has 33 heavy (non-hydrogen) atoms. The summed E-state index contributed by atoms with van der Waals surface area (Å²) in [7, 11) is 1.75. The van der Waals surface area contributed by atoms with Crippen molar-refractivity contribution < 1.29 is 4.79 Å². The van der Waals surface area contributed by atoms with Crippen molar-refractivity contribution in [2.75, 3.05) is 5.32 Å². The molecule has 0 radical (unpaired) electrons. The normalized spacial score (nSPS) is 12.2. The van der Waals surface area contributed by atoms with Crippen molar-refractivity contribution in [3.8, 4) is 5.69 Å². The topological polar surface area (TPSA) is 80.1 Å². The predicted octanol–water partition coefficient (Wildman–Crippen LogP) is 4.55. The van der Waals surface area contributed by atoms with Crippen LogP contribution < -0.4 is 21.5 Å². The Morgan fingerprint density at radius 3 is 2.33 bits per heavy atom. The molecular weight excluding hydrogens is 528 g/mol. The molecule has 0 unspecified atom stereocenters. The largest absolute Gasteiger partial charge is 0.339 e. The summed E-state index contributed by atoms with van der Waals surface area (Å²) in [5.74, 6) is -0.536. The van der Waals surface area contributed by atoms with Crippen molar-refractivity contribution in [1.82, 2.24) is 20.0 Å². The van der Waals surface area contributed by atoms with Gasteiger partial charge in [0.05, 0.1) is 11.4 Å². The minimum absolute atomic E-state index is 0.0243. The van der Waals surface area contributed by atoms with Crippen molar-refractivity contribution in [2.24, 2.45) is 7.05 Å². The Kier molecular flexibility index (Phi) is 7.97. The molecule has 1 atom stereocenters. The first-order valence-electron chi connectivity index (χ1n) is 9.53. The van der Waals surface area contributed by atoms with E-state index in [9.17, 15) is 9.59 Å². The summed E-state index contributed by atoms with van der Waals surface area (Å²) < 4.78 is 1.22. The van der Waals surface area contributed by atoms with Crippen molar-refractivity contribution in [1.29, 1.82) is 0 Å². The number of rotatable bonds is 5. The van der Waals surface area contributed by atoms with E-state index < -0.39 is 15.9 Å². The number of thiocarbonyl (C=S) groups is 1. The van der Waals surface area contributed by atoms with Crippen molar-refractivity contribution in [3.05, 3.63) is 81.2 Å². The third kappa shape index (κ3) is 6.02. The van der Waals surface area contributed by atoms with Crippen molar-refractivity contribution in [3.63, 3.8) is 0 Å². The molecule has 3 aromatic rings. The van der Waals surface area contributed by atoms with Crippen LogP contribution in [0, 0.1) is 6.92 Å². The Morgan fingerprint density at radius 1 is 1.06 bits per heavy atom. The third-order valence-electron chi connectivity index (χ3n) is 4.76. The van der Waals surface area contributed by atoms with E-state index in [1.54, 1.807) is 36.9 Å². The number of nitrogens with zero attached hydrogens (tertiary/aromatic N) is 2. The minimum atomic E-state index is -1.96. The van der Waals surface area contributed by atoms with Gasteiger partial charge in [0.2, 0.25) is 3.79 Å². The summed E-state index contributed by atoms with van der Waals surface area (Å²) in [4.78, 5) is 25.7. The van der Waals surface area contributed by atoms with Gasteiger partial charge < -0.3 is 16.0 Å². The molecule has 12 heteroatoms. The molecule has 3 N–H and O–H groups in total. The summed E-state index contributed by atoms with van der Waals surface area (Å²) in [6, 6.07) is 15.4. The first kappa shape index (κ1) is 25.4. The van der Waals surface area contributed by atoms with E-state index in [0.29, 0.717) is 16.4 Å². The lowest BCUT2D eigenvalue weighted by Crippen LogP contribution is -2.56. The highest BCUT2D eigenvalue weighted by molar-refractivity contribution is 7.80. The van der Waals surface area contributed by atoms with E-state index in [-0.39, 0.29) is 21.9 Å². The Balaban J connectivity index is 1.80. The number of hydrogen-bond donors (Lipinski definition) is 3. The van der Waals surface area contributed by atoms with Crippen LogP contribution in [0.25, 0.3) is 5.69 Å². The molecule has 0 fully saturated rings. The average molecular weight is 547 g/mol. The van der Waals surface area contributed by atoms with Crippen LogP contribution in [0.2, 0.25) is 5.02 Å². The smallest absolute Gasteiger partial charge is 0.295 e. The number of carbonyl (C=O) groups excluding carboxylic acids is 1. The molecule has 1 amide bonds. The van der Waals surface area contributed by atoms with Gasteiger partial charge in [0.25, 0.3) is 11.5 Å². The lowest BCUT2D eigenvalue weighted by molar-refractivity contribution is 0.0934. The second-order valence-electron chi connectivity index (χ2n) is 6.99. The molecule has 1 heterocycles. The molecule has 3 rings (SSSR count). The zero-order chi connectivity index (χ0) is 24.3. The van der Waals surface area contributed by atoms with Crippen LogP contribution in [0.15, 0.2) is 59.4 Å². The molecule has 0 aliphatic rings. The number of nitrogens with one attached hydrogen (secondary N) is 3.